The summed E-state index contributed by atoms with van der Waals surface area (Å²) in [7, 11) is 3.66. The molecular formula is C16H18N4O2S. The van der Waals surface area contributed by atoms with Gasteiger partial charge < -0.3 is 9.42 Å². The van der Waals surface area contributed by atoms with Crippen molar-refractivity contribution in [2.75, 3.05) is 7.05 Å². The van der Waals surface area contributed by atoms with Crippen molar-refractivity contribution in [3.05, 3.63) is 46.2 Å². The molecule has 0 aliphatic heterocycles. The molecule has 7 heteroatoms. The average molecular weight is 330 g/mol. The monoisotopic (exact) mass is 330 g/mol. The Morgan fingerprint density at radius 3 is 2.83 bits per heavy atom. The summed E-state index contributed by atoms with van der Waals surface area (Å²) in [4.78, 5) is 15.1. The van der Waals surface area contributed by atoms with E-state index in [1.165, 1.54) is 0 Å². The lowest BCUT2D eigenvalue weighted by atomic mass is 10.2. The average Bonchev–Trinajstić information content (AvgIpc) is 3.23. The van der Waals surface area contributed by atoms with E-state index in [1.54, 1.807) is 29.4 Å². The SMILES string of the molecule is Cc1nn(C)c(C)c1CN(C)C(=O)c1cc(-c2cccs2)on1. The Morgan fingerprint density at radius 1 is 1.43 bits per heavy atom. The van der Waals surface area contributed by atoms with Crippen LogP contribution in [0, 0.1) is 13.8 Å². The highest BCUT2D eigenvalue weighted by Crippen LogP contribution is 2.25. The molecule has 0 radical (unpaired) electrons. The van der Waals surface area contributed by atoms with Crippen molar-refractivity contribution in [1.82, 2.24) is 19.8 Å². The van der Waals surface area contributed by atoms with Gasteiger partial charge in [0.1, 0.15) is 0 Å². The van der Waals surface area contributed by atoms with Gasteiger partial charge in [0.15, 0.2) is 11.5 Å². The topological polar surface area (TPSA) is 64.2 Å². The molecule has 3 rings (SSSR count). The number of aryl methyl sites for hydroxylation is 2. The summed E-state index contributed by atoms with van der Waals surface area (Å²) < 4.78 is 7.11. The van der Waals surface area contributed by atoms with Crippen LogP contribution < -0.4 is 0 Å². The number of carbonyl (C=O) groups excluding carboxylic acids is 1. The first-order valence-corrected chi connectivity index (χ1v) is 8.10. The Balaban J connectivity index is 1.77. The molecule has 0 aromatic carbocycles. The molecule has 0 aliphatic carbocycles. The normalized spacial score (nSPS) is 11.0. The van der Waals surface area contributed by atoms with Crippen molar-refractivity contribution in [1.29, 1.82) is 0 Å². The first-order chi connectivity index (χ1) is 11.0. The van der Waals surface area contributed by atoms with E-state index in [4.69, 9.17) is 4.52 Å². The van der Waals surface area contributed by atoms with Gasteiger partial charge in [-0.15, -0.1) is 11.3 Å². The summed E-state index contributed by atoms with van der Waals surface area (Å²) in [6.45, 7) is 4.44. The molecular weight excluding hydrogens is 312 g/mol. The zero-order chi connectivity index (χ0) is 16.6. The smallest absolute Gasteiger partial charge is 0.276 e. The molecule has 0 fully saturated rings. The number of nitrogens with zero attached hydrogens (tertiary/aromatic N) is 4. The van der Waals surface area contributed by atoms with Gasteiger partial charge in [0.25, 0.3) is 5.91 Å². The fraction of sp³-hybridized carbons (Fsp3) is 0.312. The largest absolute Gasteiger partial charge is 0.355 e. The van der Waals surface area contributed by atoms with Crippen molar-refractivity contribution in [2.24, 2.45) is 7.05 Å². The van der Waals surface area contributed by atoms with Crippen LogP contribution in [0.4, 0.5) is 0 Å². The number of thiophene rings is 1. The predicted molar refractivity (Wildman–Crippen MR) is 88.3 cm³/mol. The molecule has 0 unspecified atom stereocenters. The molecule has 1 amide bonds. The van der Waals surface area contributed by atoms with Crippen LogP contribution in [-0.4, -0.2) is 32.8 Å². The van der Waals surface area contributed by atoms with Crippen molar-refractivity contribution in [2.45, 2.75) is 20.4 Å². The van der Waals surface area contributed by atoms with E-state index in [0.717, 1.165) is 21.8 Å². The van der Waals surface area contributed by atoms with E-state index < -0.39 is 0 Å². The quantitative estimate of drug-likeness (QED) is 0.737. The maximum absolute atomic E-state index is 12.5. The van der Waals surface area contributed by atoms with E-state index in [0.29, 0.717) is 18.0 Å². The summed E-state index contributed by atoms with van der Waals surface area (Å²) in [5.41, 5.74) is 3.37. The van der Waals surface area contributed by atoms with Crippen LogP contribution in [0.15, 0.2) is 28.1 Å². The van der Waals surface area contributed by atoms with E-state index in [-0.39, 0.29) is 5.91 Å². The van der Waals surface area contributed by atoms with Crippen molar-refractivity contribution >= 4 is 17.2 Å². The van der Waals surface area contributed by atoms with Crippen molar-refractivity contribution in [3.63, 3.8) is 0 Å². The molecule has 0 saturated carbocycles. The zero-order valence-corrected chi connectivity index (χ0v) is 14.3. The third-order valence-corrected chi connectivity index (χ3v) is 4.78. The fourth-order valence-corrected chi connectivity index (χ4v) is 3.13. The molecule has 0 aliphatic rings. The summed E-state index contributed by atoms with van der Waals surface area (Å²) in [6, 6.07) is 5.56. The predicted octanol–water partition coefficient (Wildman–Crippen LogP) is 3.03. The molecule has 0 atom stereocenters. The van der Waals surface area contributed by atoms with Gasteiger partial charge >= 0.3 is 0 Å². The Bertz CT molecular complexity index is 833. The second kappa shape index (κ2) is 6.00. The van der Waals surface area contributed by atoms with E-state index in [1.807, 2.05) is 43.1 Å². The minimum atomic E-state index is -0.167. The van der Waals surface area contributed by atoms with Gasteiger partial charge in [-0.2, -0.15) is 5.10 Å². The first-order valence-electron chi connectivity index (χ1n) is 7.22. The molecule has 23 heavy (non-hydrogen) atoms. The first kappa shape index (κ1) is 15.5. The second-order valence-corrected chi connectivity index (χ2v) is 6.44. The lowest BCUT2D eigenvalue weighted by molar-refractivity contribution is 0.0774. The highest BCUT2D eigenvalue weighted by molar-refractivity contribution is 7.13. The lowest BCUT2D eigenvalue weighted by Crippen LogP contribution is -2.27. The van der Waals surface area contributed by atoms with Crippen molar-refractivity contribution < 1.29 is 9.32 Å². The summed E-state index contributed by atoms with van der Waals surface area (Å²) in [5.74, 6) is 0.449. The van der Waals surface area contributed by atoms with Crippen LogP contribution in [0.1, 0.15) is 27.4 Å². The van der Waals surface area contributed by atoms with Gasteiger partial charge in [-0.25, -0.2) is 0 Å². The molecule has 3 aromatic heterocycles. The third kappa shape index (κ3) is 2.92. The third-order valence-electron chi connectivity index (χ3n) is 3.89. The van der Waals surface area contributed by atoms with Crippen LogP contribution in [0.3, 0.4) is 0 Å². The summed E-state index contributed by atoms with van der Waals surface area (Å²) in [5, 5.41) is 10.2. The van der Waals surface area contributed by atoms with Gasteiger partial charge in [0.05, 0.1) is 10.6 Å². The Labute approximate surface area is 138 Å². The van der Waals surface area contributed by atoms with Crippen LogP contribution in [-0.2, 0) is 13.6 Å². The number of rotatable bonds is 4. The van der Waals surface area contributed by atoms with Gasteiger partial charge in [0, 0.05) is 38.0 Å². The maximum Gasteiger partial charge on any atom is 0.276 e. The molecule has 0 bridgehead atoms. The fourth-order valence-electron chi connectivity index (χ4n) is 2.46. The van der Waals surface area contributed by atoms with Crippen molar-refractivity contribution in [3.8, 4) is 10.6 Å². The highest BCUT2D eigenvalue weighted by atomic mass is 32.1. The van der Waals surface area contributed by atoms with Crippen LogP contribution in [0.5, 0.6) is 0 Å². The molecule has 0 N–H and O–H groups in total. The molecule has 3 aromatic rings. The van der Waals surface area contributed by atoms with Crippen LogP contribution >= 0.6 is 11.3 Å². The Kier molecular flexibility index (Phi) is 4.04. The number of hydrogen-bond acceptors (Lipinski definition) is 5. The highest BCUT2D eigenvalue weighted by Gasteiger charge is 2.20. The van der Waals surface area contributed by atoms with Gasteiger partial charge in [-0.1, -0.05) is 11.2 Å². The van der Waals surface area contributed by atoms with Gasteiger partial charge in [-0.05, 0) is 25.3 Å². The summed E-state index contributed by atoms with van der Waals surface area (Å²) >= 11 is 1.55. The van der Waals surface area contributed by atoms with Crippen LogP contribution in [0.2, 0.25) is 0 Å². The molecule has 120 valence electrons. The minimum Gasteiger partial charge on any atom is -0.355 e. The lowest BCUT2D eigenvalue weighted by Gasteiger charge is -2.15. The van der Waals surface area contributed by atoms with E-state index in [2.05, 4.69) is 10.3 Å². The number of carbonyl (C=O) groups is 1. The maximum atomic E-state index is 12.5. The Hall–Kier alpha value is -2.41. The zero-order valence-electron chi connectivity index (χ0n) is 13.5. The molecule has 0 saturated heterocycles. The number of amides is 1. The van der Waals surface area contributed by atoms with Gasteiger partial charge in [0.2, 0.25) is 0 Å². The number of aromatic nitrogens is 3. The molecule has 6 nitrogen and oxygen atoms in total. The second-order valence-electron chi connectivity index (χ2n) is 5.49. The standard InChI is InChI=1S/C16H18N4O2S/c1-10-12(11(2)20(4)17-10)9-19(3)16(21)13-8-14(22-18-13)15-6-5-7-23-15/h5-8H,9H2,1-4H3. The molecule has 3 heterocycles. The minimum absolute atomic E-state index is 0.167. The van der Waals surface area contributed by atoms with E-state index >= 15 is 0 Å². The van der Waals surface area contributed by atoms with Gasteiger partial charge in [-0.3, -0.25) is 9.48 Å². The number of hydrogen-bond donors (Lipinski definition) is 0. The summed E-state index contributed by atoms with van der Waals surface area (Å²) in [6.07, 6.45) is 0. The molecule has 0 spiro atoms. The van der Waals surface area contributed by atoms with E-state index in [9.17, 15) is 4.79 Å². The van der Waals surface area contributed by atoms with Crippen LogP contribution in [0.25, 0.3) is 10.6 Å². The Morgan fingerprint density at radius 2 is 2.22 bits per heavy atom.